The summed E-state index contributed by atoms with van der Waals surface area (Å²) in [5, 5.41) is 13.1. The second-order valence-corrected chi connectivity index (χ2v) is 3.52. The van der Waals surface area contributed by atoms with Gasteiger partial charge in [-0.05, 0) is 0 Å². The van der Waals surface area contributed by atoms with Gasteiger partial charge in [-0.25, -0.2) is 0 Å². The van der Waals surface area contributed by atoms with E-state index >= 15 is 0 Å². The van der Waals surface area contributed by atoms with Crippen molar-refractivity contribution in [1.82, 2.24) is 0 Å². The Morgan fingerprint density at radius 1 is 1.53 bits per heavy atom. The lowest BCUT2D eigenvalue weighted by Gasteiger charge is -2.02. The molecule has 2 rings (SSSR count). The third kappa shape index (κ3) is 1.43. The summed E-state index contributed by atoms with van der Waals surface area (Å²) in [6.07, 6.45) is 0. The van der Waals surface area contributed by atoms with E-state index in [1.165, 1.54) is 12.1 Å². The second kappa shape index (κ2) is 3.18. The summed E-state index contributed by atoms with van der Waals surface area (Å²) in [5.41, 5.74) is 6.08. The molecule has 0 saturated carbocycles. The van der Waals surface area contributed by atoms with E-state index in [4.69, 9.17) is 17.3 Å². The Bertz CT molecular complexity index is 474. The average Bonchev–Trinajstić information content (AvgIpc) is 2.45. The van der Waals surface area contributed by atoms with Crippen LogP contribution in [0.15, 0.2) is 12.1 Å². The summed E-state index contributed by atoms with van der Waals surface area (Å²) in [4.78, 5) is 21.2. The normalized spacial score (nSPS) is 18.5. The van der Waals surface area contributed by atoms with Crippen molar-refractivity contribution in [1.29, 1.82) is 0 Å². The fourth-order valence-electron chi connectivity index (χ4n) is 1.44. The molecule has 0 saturated heterocycles. The lowest BCUT2D eigenvalue weighted by molar-refractivity contribution is -0.384. The Morgan fingerprint density at radius 2 is 2.20 bits per heavy atom. The van der Waals surface area contributed by atoms with Gasteiger partial charge >= 0.3 is 0 Å². The van der Waals surface area contributed by atoms with Crippen LogP contribution < -0.4 is 11.1 Å². The summed E-state index contributed by atoms with van der Waals surface area (Å²) in [7, 11) is 0. The number of nitro benzene ring substituents is 1. The third-order valence-electron chi connectivity index (χ3n) is 2.18. The lowest BCUT2D eigenvalue weighted by Crippen LogP contribution is -2.19. The SMILES string of the molecule is NC1C(=O)Nc2c(Cl)cc([N+](=O)[O-])cc21. The van der Waals surface area contributed by atoms with Crippen LogP contribution in [0.25, 0.3) is 0 Å². The molecule has 1 unspecified atom stereocenters. The molecular weight excluding hydrogens is 222 g/mol. The molecule has 1 aromatic carbocycles. The summed E-state index contributed by atoms with van der Waals surface area (Å²) < 4.78 is 0. The number of carbonyl (C=O) groups excluding carboxylic acids is 1. The van der Waals surface area contributed by atoms with Gasteiger partial charge in [-0.1, -0.05) is 11.6 Å². The van der Waals surface area contributed by atoms with Gasteiger partial charge in [-0.15, -0.1) is 0 Å². The predicted octanol–water partition coefficient (Wildman–Crippen LogP) is 1.20. The Kier molecular flexibility index (Phi) is 2.09. The first-order valence-electron chi connectivity index (χ1n) is 4.05. The molecule has 0 radical (unpaired) electrons. The molecule has 0 spiro atoms. The number of rotatable bonds is 1. The van der Waals surface area contributed by atoms with Crippen molar-refractivity contribution in [3.8, 4) is 0 Å². The van der Waals surface area contributed by atoms with E-state index in [-0.39, 0.29) is 10.7 Å². The van der Waals surface area contributed by atoms with Crippen molar-refractivity contribution >= 4 is 28.9 Å². The predicted molar refractivity (Wildman–Crippen MR) is 53.7 cm³/mol. The number of nitrogens with zero attached hydrogens (tertiary/aromatic N) is 1. The first-order chi connectivity index (χ1) is 7.00. The van der Waals surface area contributed by atoms with Crippen molar-refractivity contribution in [2.45, 2.75) is 6.04 Å². The van der Waals surface area contributed by atoms with Crippen LogP contribution in [0.2, 0.25) is 5.02 Å². The van der Waals surface area contributed by atoms with Gasteiger partial charge < -0.3 is 11.1 Å². The number of halogens is 1. The Hall–Kier alpha value is -1.66. The number of benzene rings is 1. The van der Waals surface area contributed by atoms with E-state index in [1.807, 2.05) is 0 Å². The fraction of sp³-hybridized carbons (Fsp3) is 0.125. The zero-order chi connectivity index (χ0) is 11.2. The van der Waals surface area contributed by atoms with Crippen LogP contribution in [0.4, 0.5) is 11.4 Å². The van der Waals surface area contributed by atoms with Gasteiger partial charge in [-0.2, -0.15) is 0 Å². The van der Waals surface area contributed by atoms with Crippen LogP contribution in [-0.2, 0) is 4.79 Å². The second-order valence-electron chi connectivity index (χ2n) is 3.12. The molecule has 1 aliphatic rings. The van der Waals surface area contributed by atoms with E-state index < -0.39 is 16.9 Å². The minimum absolute atomic E-state index is 0.125. The number of amides is 1. The van der Waals surface area contributed by atoms with Crippen molar-refractivity contribution in [3.63, 3.8) is 0 Å². The van der Waals surface area contributed by atoms with Gasteiger partial charge in [0.1, 0.15) is 6.04 Å². The molecule has 0 bridgehead atoms. The molecule has 1 aromatic rings. The molecule has 15 heavy (non-hydrogen) atoms. The van der Waals surface area contributed by atoms with Crippen molar-refractivity contribution in [3.05, 3.63) is 32.8 Å². The summed E-state index contributed by atoms with van der Waals surface area (Å²) in [6.45, 7) is 0. The highest BCUT2D eigenvalue weighted by molar-refractivity contribution is 6.34. The molecule has 1 atom stereocenters. The molecule has 6 nitrogen and oxygen atoms in total. The number of non-ortho nitro benzene ring substituents is 1. The molecule has 0 fully saturated rings. The monoisotopic (exact) mass is 227 g/mol. The Balaban J connectivity index is 2.62. The summed E-state index contributed by atoms with van der Waals surface area (Å²) >= 11 is 5.77. The van der Waals surface area contributed by atoms with Gasteiger partial charge in [0.15, 0.2) is 0 Å². The Morgan fingerprint density at radius 3 is 2.80 bits per heavy atom. The molecular formula is C8H6ClN3O3. The molecule has 1 aliphatic heterocycles. The first-order valence-corrected chi connectivity index (χ1v) is 4.43. The first kappa shape index (κ1) is 9.88. The highest BCUT2D eigenvalue weighted by atomic mass is 35.5. The summed E-state index contributed by atoms with van der Waals surface area (Å²) in [6, 6.07) is 1.54. The Labute approximate surface area is 89.2 Å². The van der Waals surface area contributed by atoms with Crippen molar-refractivity contribution in [2.75, 3.05) is 5.32 Å². The van der Waals surface area contributed by atoms with Crippen LogP contribution in [-0.4, -0.2) is 10.8 Å². The van der Waals surface area contributed by atoms with Gasteiger partial charge in [0.05, 0.1) is 15.6 Å². The van der Waals surface area contributed by atoms with Gasteiger partial charge in [0, 0.05) is 17.7 Å². The van der Waals surface area contributed by atoms with Crippen LogP contribution in [0.3, 0.4) is 0 Å². The minimum atomic E-state index is -0.891. The van der Waals surface area contributed by atoms with E-state index in [1.54, 1.807) is 0 Å². The maximum absolute atomic E-state index is 11.2. The highest BCUT2D eigenvalue weighted by Gasteiger charge is 2.31. The van der Waals surface area contributed by atoms with Crippen LogP contribution in [0, 0.1) is 10.1 Å². The molecule has 7 heteroatoms. The molecule has 1 heterocycles. The van der Waals surface area contributed by atoms with Crippen molar-refractivity contribution in [2.24, 2.45) is 5.73 Å². The topological polar surface area (TPSA) is 98.3 Å². The maximum Gasteiger partial charge on any atom is 0.271 e. The zero-order valence-corrected chi connectivity index (χ0v) is 8.12. The third-order valence-corrected chi connectivity index (χ3v) is 2.48. The quantitative estimate of drug-likeness (QED) is 0.556. The van der Waals surface area contributed by atoms with Crippen LogP contribution in [0.1, 0.15) is 11.6 Å². The molecule has 0 aliphatic carbocycles. The number of nitrogens with two attached hydrogens (primary N) is 1. The number of hydrogen-bond donors (Lipinski definition) is 2. The zero-order valence-electron chi connectivity index (χ0n) is 7.36. The van der Waals surface area contributed by atoms with E-state index in [0.717, 1.165) is 0 Å². The van der Waals surface area contributed by atoms with E-state index in [0.29, 0.717) is 11.3 Å². The number of nitro groups is 1. The molecule has 0 aromatic heterocycles. The number of carbonyl (C=O) groups is 1. The smallest absolute Gasteiger partial charge is 0.271 e. The molecule has 3 N–H and O–H groups in total. The fourth-order valence-corrected chi connectivity index (χ4v) is 1.71. The largest absolute Gasteiger partial charge is 0.323 e. The van der Waals surface area contributed by atoms with Crippen LogP contribution in [0.5, 0.6) is 0 Å². The van der Waals surface area contributed by atoms with Crippen LogP contribution >= 0.6 is 11.6 Å². The highest BCUT2D eigenvalue weighted by Crippen LogP contribution is 2.38. The molecule has 78 valence electrons. The average molecular weight is 228 g/mol. The number of nitrogens with one attached hydrogen (secondary N) is 1. The number of anilines is 1. The maximum atomic E-state index is 11.2. The van der Waals surface area contributed by atoms with Gasteiger partial charge in [0.2, 0.25) is 5.91 Å². The minimum Gasteiger partial charge on any atom is -0.323 e. The van der Waals surface area contributed by atoms with Gasteiger partial charge in [-0.3, -0.25) is 14.9 Å². The van der Waals surface area contributed by atoms with Crippen molar-refractivity contribution < 1.29 is 9.72 Å². The van der Waals surface area contributed by atoms with E-state index in [9.17, 15) is 14.9 Å². The standard InChI is InChI=1S/C8H6ClN3O3/c9-5-2-3(12(14)15)1-4-6(10)8(13)11-7(4)5/h1-2,6H,10H2,(H,11,13). The number of hydrogen-bond acceptors (Lipinski definition) is 4. The van der Waals surface area contributed by atoms with E-state index in [2.05, 4.69) is 5.32 Å². The lowest BCUT2D eigenvalue weighted by atomic mass is 10.1. The number of fused-ring (bicyclic) bond motifs is 1. The molecule has 1 amide bonds. The summed E-state index contributed by atoms with van der Waals surface area (Å²) in [5.74, 6) is -0.410. The van der Waals surface area contributed by atoms with Gasteiger partial charge in [0.25, 0.3) is 5.69 Å².